The standard InChI is InChI=1S/C15H17ClN2O2S/c1-11-4-3-5-13(8-11)18(2)21(19,20)14-7-6-12(10-17)15(16)9-14/h3-9H,10,17H2,1-2H3. The normalized spacial score (nSPS) is 11.4. The molecule has 0 heterocycles. The van der Waals surface area contributed by atoms with Crippen LogP contribution >= 0.6 is 11.6 Å². The summed E-state index contributed by atoms with van der Waals surface area (Å²) in [6.45, 7) is 2.18. The van der Waals surface area contributed by atoms with Crippen molar-refractivity contribution >= 4 is 27.3 Å². The molecule has 2 rings (SSSR count). The Balaban J connectivity index is 2.44. The molecule has 0 spiro atoms. The maximum absolute atomic E-state index is 12.6. The zero-order valence-corrected chi connectivity index (χ0v) is 13.4. The summed E-state index contributed by atoms with van der Waals surface area (Å²) in [5, 5.41) is 0.358. The van der Waals surface area contributed by atoms with Gasteiger partial charge in [0, 0.05) is 18.6 Å². The van der Waals surface area contributed by atoms with Crippen molar-refractivity contribution in [3.05, 3.63) is 58.6 Å². The van der Waals surface area contributed by atoms with Gasteiger partial charge < -0.3 is 5.73 Å². The Morgan fingerprint density at radius 3 is 2.48 bits per heavy atom. The topological polar surface area (TPSA) is 63.4 Å². The molecule has 0 aliphatic rings. The Morgan fingerprint density at radius 2 is 1.90 bits per heavy atom. The van der Waals surface area contributed by atoms with E-state index in [4.69, 9.17) is 17.3 Å². The van der Waals surface area contributed by atoms with Crippen LogP contribution < -0.4 is 10.0 Å². The molecule has 0 aromatic heterocycles. The van der Waals surface area contributed by atoms with Crippen molar-refractivity contribution in [2.75, 3.05) is 11.4 Å². The summed E-state index contributed by atoms with van der Waals surface area (Å²) in [6.07, 6.45) is 0. The first kappa shape index (κ1) is 15.8. The minimum Gasteiger partial charge on any atom is -0.326 e. The minimum absolute atomic E-state index is 0.147. The fourth-order valence-corrected chi connectivity index (χ4v) is 3.51. The molecule has 21 heavy (non-hydrogen) atoms. The lowest BCUT2D eigenvalue weighted by molar-refractivity contribution is 0.594. The number of anilines is 1. The molecule has 6 heteroatoms. The molecule has 0 atom stereocenters. The summed E-state index contributed by atoms with van der Waals surface area (Å²) in [6, 6.07) is 11.9. The molecule has 0 aliphatic heterocycles. The molecular weight excluding hydrogens is 308 g/mol. The average molecular weight is 325 g/mol. The van der Waals surface area contributed by atoms with Gasteiger partial charge in [-0.15, -0.1) is 0 Å². The van der Waals surface area contributed by atoms with Gasteiger partial charge in [-0.1, -0.05) is 29.8 Å². The van der Waals surface area contributed by atoms with Gasteiger partial charge in [0.2, 0.25) is 0 Å². The number of hydrogen-bond donors (Lipinski definition) is 1. The Morgan fingerprint density at radius 1 is 1.19 bits per heavy atom. The second-order valence-corrected chi connectivity index (χ2v) is 7.15. The molecule has 0 fully saturated rings. The van der Waals surface area contributed by atoms with E-state index in [-0.39, 0.29) is 11.4 Å². The van der Waals surface area contributed by atoms with Gasteiger partial charge in [-0.3, -0.25) is 4.31 Å². The second-order valence-electron chi connectivity index (χ2n) is 4.77. The lowest BCUT2D eigenvalue weighted by Crippen LogP contribution is -2.26. The van der Waals surface area contributed by atoms with E-state index in [1.54, 1.807) is 12.1 Å². The first-order valence-corrected chi connectivity index (χ1v) is 8.22. The van der Waals surface area contributed by atoms with Crippen molar-refractivity contribution in [2.24, 2.45) is 5.73 Å². The van der Waals surface area contributed by atoms with Gasteiger partial charge in [-0.25, -0.2) is 8.42 Å². The second kappa shape index (κ2) is 6.05. The summed E-state index contributed by atoms with van der Waals surface area (Å²) in [4.78, 5) is 0.147. The monoisotopic (exact) mass is 324 g/mol. The van der Waals surface area contributed by atoms with Gasteiger partial charge in [0.05, 0.1) is 10.6 Å². The maximum atomic E-state index is 12.6. The molecule has 0 aliphatic carbocycles. The van der Waals surface area contributed by atoms with E-state index >= 15 is 0 Å². The Labute approximate surface area is 130 Å². The molecule has 0 unspecified atom stereocenters. The van der Waals surface area contributed by atoms with E-state index in [1.807, 2.05) is 25.1 Å². The Hall–Kier alpha value is -1.56. The van der Waals surface area contributed by atoms with Gasteiger partial charge in [0.15, 0.2) is 0 Å². The number of nitrogens with zero attached hydrogens (tertiary/aromatic N) is 1. The Kier molecular flexibility index (Phi) is 4.56. The lowest BCUT2D eigenvalue weighted by Gasteiger charge is -2.20. The Bertz CT molecular complexity index is 760. The van der Waals surface area contributed by atoms with Crippen LogP contribution in [-0.4, -0.2) is 15.5 Å². The number of nitrogens with two attached hydrogens (primary N) is 1. The molecule has 2 N–H and O–H groups in total. The predicted molar refractivity (Wildman–Crippen MR) is 86.1 cm³/mol. The zero-order chi connectivity index (χ0) is 15.6. The average Bonchev–Trinajstić information content (AvgIpc) is 2.46. The zero-order valence-electron chi connectivity index (χ0n) is 11.9. The van der Waals surface area contributed by atoms with Crippen LogP contribution in [0.25, 0.3) is 0 Å². The molecular formula is C15H17ClN2O2S. The third kappa shape index (κ3) is 3.20. The van der Waals surface area contributed by atoms with Crippen LogP contribution in [0.4, 0.5) is 5.69 Å². The molecule has 0 saturated carbocycles. The van der Waals surface area contributed by atoms with Gasteiger partial charge in [-0.2, -0.15) is 0 Å². The summed E-state index contributed by atoms with van der Waals surface area (Å²) in [5.74, 6) is 0. The highest BCUT2D eigenvalue weighted by Gasteiger charge is 2.22. The molecule has 0 bridgehead atoms. The number of hydrogen-bond acceptors (Lipinski definition) is 3. The van der Waals surface area contributed by atoms with Crippen molar-refractivity contribution in [2.45, 2.75) is 18.4 Å². The number of rotatable bonds is 4. The van der Waals surface area contributed by atoms with Crippen molar-refractivity contribution in [1.29, 1.82) is 0 Å². The molecule has 2 aromatic carbocycles. The fraction of sp³-hybridized carbons (Fsp3) is 0.200. The van der Waals surface area contributed by atoms with Crippen LogP contribution in [0.3, 0.4) is 0 Å². The molecule has 0 amide bonds. The van der Waals surface area contributed by atoms with Crippen molar-refractivity contribution < 1.29 is 8.42 Å². The van der Waals surface area contributed by atoms with E-state index < -0.39 is 10.0 Å². The van der Waals surface area contributed by atoms with E-state index in [0.717, 1.165) is 5.56 Å². The van der Waals surface area contributed by atoms with Crippen LogP contribution in [0, 0.1) is 6.92 Å². The van der Waals surface area contributed by atoms with Gasteiger partial charge >= 0.3 is 0 Å². The highest BCUT2D eigenvalue weighted by molar-refractivity contribution is 7.92. The highest BCUT2D eigenvalue weighted by atomic mass is 35.5. The first-order chi connectivity index (χ1) is 9.86. The van der Waals surface area contributed by atoms with Crippen LogP contribution in [0.15, 0.2) is 47.4 Å². The summed E-state index contributed by atoms with van der Waals surface area (Å²) >= 11 is 6.05. The summed E-state index contributed by atoms with van der Waals surface area (Å²) in [7, 11) is -2.13. The van der Waals surface area contributed by atoms with E-state index in [0.29, 0.717) is 16.3 Å². The first-order valence-electron chi connectivity index (χ1n) is 6.40. The van der Waals surface area contributed by atoms with Gasteiger partial charge in [0.1, 0.15) is 0 Å². The van der Waals surface area contributed by atoms with Crippen LogP contribution in [0.5, 0.6) is 0 Å². The highest BCUT2D eigenvalue weighted by Crippen LogP contribution is 2.26. The lowest BCUT2D eigenvalue weighted by atomic mass is 10.2. The summed E-state index contributed by atoms with van der Waals surface area (Å²) < 4.78 is 26.5. The molecule has 2 aromatic rings. The van der Waals surface area contributed by atoms with E-state index in [1.165, 1.54) is 23.5 Å². The number of aryl methyl sites for hydroxylation is 1. The van der Waals surface area contributed by atoms with Crippen molar-refractivity contribution in [3.63, 3.8) is 0 Å². The largest absolute Gasteiger partial charge is 0.326 e. The number of halogens is 1. The SMILES string of the molecule is Cc1cccc(N(C)S(=O)(=O)c2ccc(CN)c(Cl)c2)c1. The smallest absolute Gasteiger partial charge is 0.264 e. The van der Waals surface area contributed by atoms with Gasteiger partial charge in [-0.05, 0) is 42.3 Å². The van der Waals surface area contributed by atoms with Crippen LogP contribution in [0.2, 0.25) is 5.02 Å². The van der Waals surface area contributed by atoms with Crippen molar-refractivity contribution in [1.82, 2.24) is 0 Å². The van der Waals surface area contributed by atoms with E-state index in [2.05, 4.69) is 0 Å². The number of benzene rings is 2. The third-order valence-electron chi connectivity index (χ3n) is 3.27. The molecule has 0 saturated heterocycles. The molecule has 0 radical (unpaired) electrons. The van der Waals surface area contributed by atoms with Crippen LogP contribution in [0.1, 0.15) is 11.1 Å². The third-order valence-corrected chi connectivity index (χ3v) is 5.40. The quantitative estimate of drug-likeness (QED) is 0.940. The summed E-state index contributed by atoms with van der Waals surface area (Å²) in [5.41, 5.74) is 7.85. The predicted octanol–water partition coefficient (Wildman–Crippen LogP) is 2.93. The molecule has 4 nitrogen and oxygen atoms in total. The van der Waals surface area contributed by atoms with Crippen molar-refractivity contribution in [3.8, 4) is 0 Å². The van der Waals surface area contributed by atoms with Gasteiger partial charge in [0.25, 0.3) is 10.0 Å². The van der Waals surface area contributed by atoms with Crippen LogP contribution in [-0.2, 0) is 16.6 Å². The fourth-order valence-electron chi connectivity index (χ4n) is 1.97. The minimum atomic E-state index is -3.65. The maximum Gasteiger partial charge on any atom is 0.264 e. The number of sulfonamides is 1. The van der Waals surface area contributed by atoms with E-state index in [9.17, 15) is 8.42 Å². The molecule has 112 valence electrons.